The van der Waals surface area contributed by atoms with Crippen molar-refractivity contribution in [3.63, 3.8) is 0 Å². The van der Waals surface area contributed by atoms with Crippen LogP contribution in [0.2, 0.25) is 0 Å². The number of hydrogen-bond donors (Lipinski definition) is 2. The third-order valence-corrected chi connectivity index (χ3v) is 3.70. The zero-order valence-corrected chi connectivity index (χ0v) is 12.8. The summed E-state index contributed by atoms with van der Waals surface area (Å²) in [5.74, 6) is -0.859. The Morgan fingerprint density at radius 3 is 2.68 bits per heavy atom. The maximum absolute atomic E-state index is 12.7. The smallest absolute Gasteiger partial charge is 0.416 e. The molecule has 3 rings (SSSR count). The van der Waals surface area contributed by atoms with Gasteiger partial charge in [-0.05, 0) is 29.8 Å². The second kappa shape index (κ2) is 6.43. The Kier molecular flexibility index (Phi) is 4.31. The lowest BCUT2D eigenvalue weighted by atomic mass is 10.1. The summed E-state index contributed by atoms with van der Waals surface area (Å²) >= 11 is 0. The van der Waals surface area contributed by atoms with E-state index in [9.17, 15) is 23.1 Å². The lowest BCUT2D eigenvalue weighted by Gasteiger charge is -2.11. The zero-order valence-electron chi connectivity index (χ0n) is 12.8. The molecule has 2 aromatic carbocycles. The standard InChI is InChI=1S/C18H13F3N2O2/c19-18(20,21)13-5-1-3-11(9-13)10-23-17(25)14-7-6-12-4-2-8-22-15(12)16(14)24/h1-9,24H,10H2,(H,23,25). The highest BCUT2D eigenvalue weighted by atomic mass is 19.4. The number of carbonyl (C=O) groups is 1. The van der Waals surface area contributed by atoms with Gasteiger partial charge in [0, 0.05) is 18.1 Å². The molecule has 0 spiro atoms. The molecule has 0 unspecified atom stereocenters. The number of amides is 1. The third-order valence-electron chi connectivity index (χ3n) is 3.70. The number of hydrogen-bond acceptors (Lipinski definition) is 3. The Labute approximate surface area is 140 Å². The van der Waals surface area contributed by atoms with Crippen LogP contribution in [0.4, 0.5) is 13.2 Å². The van der Waals surface area contributed by atoms with Crippen LogP contribution in [0.25, 0.3) is 10.9 Å². The molecular formula is C18H13F3N2O2. The summed E-state index contributed by atoms with van der Waals surface area (Å²) in [6.07, 6.45) is -2.95. The molecule has 1 aromatic heterocycles. The fraction of sp³-hybridized carbons (Fsp3) is 0.111. The largest absolute Gasteiger partial charge is 0.505 e. The SMILES string of the molecule is O=C(NCc1cccc(C(F)(F)F)c1)c1ccc2cccnc2c1O. The summed E-state index contributed by atoms with van der Waals surface area (Å²) in [6.45, 7) is -0.0948. The average Bonchev–Trinajstić information content (AvgIpc) is 2.60. The lowest BCUT2D eigenvalue weighted by Crippen LogP contribution is -2.23. The molecule has 2 N–H and O–H groups in total. The quantitative estimate of drug-likeness (QED) is 0.756. The summed E-state index contributed by atoms with van der Waals surface area (Å²) < 4.78 is 38.1. The number of nitrogens with zero attached hydrogens (tertiary/aromatic N) is 1. The average molecular weight is 346 g/mol. The highest BCUT2D eigenvalue weighted by molar-refractivity contribution is 6.02. The second-order valence-corrected chi connectivity index (χ2v) is 5.42. The van der Waals surface area contributed by atoms with Gasteiger partial charge in [-0.25, -0.2) is 0 Å². The Bertz CT molecular complexity index is 939. The fourth-order valence-corrected chi connectivity index (χ4v) is 2.45. The van der Waals surface area contributed by atoms with Gasteiger partial charge in [-0.1, -0.05) is 24.3 Å². The van der Waals surface area contributed by atoms with Crippen molar-refractivity contribution in [3.8, 4) is 5.75 Å². The number of halogens is 3. The number of aromatic hydroxyl groups is 1. The van der Waals surface area contributed by atoms with Crippen LogP contribution >= 0.6 is 0 Å². The number of rotatable bonds is 3. The first-order valence-corrected chi connectivity index (χ1v) is 7.37. The first kappa shape index (κ1) is 16.8. The predicted molar refractivity (Wildman–Crippen MR) is 86.0 cm³/mol. The predicted octanol–water partition coefficient (Wildman–Crippen LogP) is 3.89. The van der Waals surface area contributed by atoms with Crippen LogP contribution in [0.3, 0.4) is 0 Å². The van der Waals surface area contributed by atoms with Crippen LogP contribution in [0.15, 0.2) is 54.7 Å². The molecule has 0 aliphatic heterocycles. The molecule has 7 heteroatoms. The van der Waals surface area contributed by atoms with E-state index in [1.54, 1.807) is 18.2 Å². The number of benzene rings is 2. The molecule has 1 heterocycles. The van der Waals surface area contributed by atoms with Gasteiger partial charge >= 0.3 is 6.18 Å². The molecule has 0 radical (unpaired) electrons. The van der Waals surface area contributed by atoms with E-state index in [4.69, 9.17) is 0 Å². The van der Waals surface area contributed by atoms with E-state index in [1.807, 2.05) is 0 Å². The number of fused-ring (bicyclic) bond motifs is 1. The molecular weight excluding hydrogens is 333 g/mol. The summed E-state index contributed by atoms with van der Waals surface area (Å²) in [5, 5.41) is 13.4. The van der Waals surface area contributed by atoms with Gasteiger partial charge in [0.2, 0.25) is 0 Å². The number of aromatic nitrogens is 1. The van der Waals surface area contributed by atoms with E-state index in [2.05, 4.69) is 10.3 Å². The molecule has 0 aliphatic carbocycles. The van der Waals surface area contributed by atoms with Crippen molar-refractivity contribution in [2.75, 3.05) is 0 Å². The normalized spacial score (nSPS) is 11.5. The van der Waals surface area contributed by atoms with Crippen molar-refractivity contribution in [1.82, 2.24) is 10.3 Å². The first-order chi connectivity index (χ1) is 11.9. The van der Waals surface area contributed by atoms with Gasteiger partial charge in [0.25, 0.3) is 5.91 Å². The molecule has 3 aromatic rings. The van der Waals surface area contributed by atoms with Gasteiger partial charge < -0.3 is 10.4 Å². The molecule has 0 atom stereocenters. The van der Waals surface area contributed by atoms with Crippen LogP contribution in [0.5, 0.6) is 5.75 Å². The molecule has 128 valence electrons. The van der Waals surface area contributed by atoms with Gasteiger partial charge in [0.1, 0.15) is 5.52 Å². The van der Waals surface area contributed by atoms with Crippen molar-refractivity contribution in [2.45, 2.75) is 12.7 Å². The maximum atomic E-state index is 12.7. The minimum absolute atomic E-state index is 0.0122. The molecule has 4 nitrogen and oxygen atoms in total. The van der Waals surface area contributed by atoms with E-state index >= 15 is 0 Å². The monoisotopic (exact) mass is 346 g/mol. The van der Waals surface area contributed by atoms with Crippen LogP contribution in [0.1, 0.15) is 21.5 Å². The number of carbonyl (C=O) groups excluding carboxylic acids is 1. The second-order valence-electron chi connectivity index (χ2n) is 5.42. The minimum atomic E-state index is -4.44. The van der Waals surface area contributed by atoms with Gasteiger partial charge in [0.15, 0.2) is 5.75 Å². The number of phenolic OH excluding ortho intramolecular Hbond substituents is 1. The van der Waals surface area contributed by atoms with E-state index in [-0.39, 0.29) is 23.4 Å². The number of alkyl halides is 3. The van der Waals surface area contributed by atoms with E-state index < -0.39 is 17.6 Å². The van der Waals surface area contributed by atoms with Crippen molar-refractivity contribution >= 4 is 16.8 Å². The maximum Gasteiger partial charge on any atom is 0.416 e. The van der Waals surface area contributed by atoms with Crippen LogP contribution in [0, 0.1) is 0 Å². The molecule has 25 heavy (non-hydrogen) atoms. The van der Waals surface area contributed by atoms with Crippen molar-refractivity contribution in [2.24, 2.45) is 0 Å². The first-order valence-electron chi connectivity index (χ1n) is 7.37. The van der Waals surface area contributed by atoms with Crippen molar-refractivity contribution in [3.05, 3.63) is 71.4 Å². The Morgan fingerprint density at radius 2 is 1.92 bits per heavy atom. The van der Waals surface area contributed by atoms with Gasteiger partial charge in [-0.15, -0.1) is 0 Å². The Balaban J connectivity index is 1.78. The zero-order chi connectivity index (χ0) is 18.0. The topological polar surface area (TPSA) is 62.2 Å². The summed E-state index contributed by atoms with van der Waals surface area (Å²) in [5.41, 5.74) is -0.175. The third kappa shape index (κ3) is 3.55. The van der Waals surface area contributed by atoms with E-state index in [1.165, 1.54) is 24.4 Å². The molecule has 0 saturated heterocycles. The Morgan fingerprint density at radius 1 is 1.12 bits per heavy atom. The fourth-order valence-electron chi connectivity index (χ4n) is 2.45. The lowest BCUT2D eigenvalue weighted by molar-refractivity contribution is -0.137. The highest BCUT2D eigenvalue weighted by Crippen LogP contribution is 2.30. The minimum Gasteiger partial charge on any atom is -0.505 e. The number of pyridine rings is 1. The summed E-state index contributed by atoms with van der Waals surface area (Å²) in [4.78, 5) is 16.3. The van der Waals surface area contributed by atoms with Crippen LogP contribution < -0.4 is 5.32 Å². The van der Waals surface area contributed by atoms with E-state index in [0.717, 1.165) is 12.1 Å². The number of nitrogens with one attached hydrogen (secondary N) is 1. The molecule has 0 bridgehead atoms. The summed E-state index contributed by atoms with van der Waals surface area (Å²) in [6, 6.07) is 11.2. The van der Waals surface area contributed by atoms with Gasteiger partial charge in [-0.2, -0.15) is 13.2 Å². The van der Waals surface area contributed by atoms with Crippen molar-refractivity contribution < 1.29 is 23.1 Å². The van der Waals surface area contributed by atoms with Crippen LogP contribution in [-0.4, -0.2) is 16.0 Å². The molecule has 1 amide bonds. The summed E-state index contributed by atoms with van der Waals surface area (Å²) in [7, 11) is 0. The van der Waals surface area contributed by atoms with Crippen LogP contribution in [-0.2, 0) is 12.7 Å². The van der Waals surface area contributed by atoms with Gasteiger partial charge in [-0.3, -0.25) is 9.78 Å². The Hall–Kier alpha value is -3.09. The molecule has 0 fully saturated rings. The molecule has 0 saturated carbocycles. The van der Waals surface area contributed by atoms with Gasteiger partial charge in [0.05, 0.1) is 11.1 Å². The highest BCUT2D eigenvalue weighted by Gasteiger charge is 2.30. The molecule has 0 aliphatic rings. The van der Waals surface area contributed by atoms with E-state index in [0.29, 0.717) is 10.9 Å². The van der Waals surface area contributed by atoms with Crippen molar-refractivity contribution in [1.29, 1.82) is 0 Å². The number of phenols is 1.